The Kier molecular flexibility index (Phi) is 4.97. The van der Waals surface area contributed by atoms with Crippen molar-refractivity contribution in [2.24, 2.45) is 22.7 Å². The average molecular weight is 424 g/mol. The number of hydrogen-bond acceptors (Lipinski definition) is 4. The van der Waals surface area contributed by atoms with E-state index in [-0.39, 0.29) is 5.41 Å². The largest absolute Gasteiger partial charge is 0.371 e. The molecule has 31 heavy (non-hydrogen) atoms. The van der Waals surface area contributed by atoms with Gasteiger partial charge in [-0.15, -0.1) is 0 Å². The Morgan fingerprint density at radius 2 is 1.71 bits per heavy atom. The maximum atomic E-state index is 5.66. The van der Waals surface area contributed by atoms with Crippen LogP contribution in [-0.4, -0.2) is 42.8 Å². The third-order valence-electron chi connectivity index (χ3n) is 8.39. The third-order valence-corrected chi connectivity index (χ3v) is 8.39. The summed E-state index contributed by atoms with van der Waals surface area (Å²) in [7, 11) is 0. The summed E-state index contributed by atoms with van der Waals surface area (Å²) in [5, 5.41) is 5.50. The first-order valence-corrected chi connectivity index (χ1v) is 12.4. The first-order valence-electron chi connectivity index (χ1n) is 12.4. The van der Waals surface area contributed by atoms with Crippen LogP contribution >= 0.6 is 0 Å². The Bertz CT molecular complexity index is 926. The maximum Gasteiger partial charge on any atom is 0.169 e. The number of rotatable bonds is 3. The monoisotopic (exact) mass is 423 g/mol. The van der Waals surface area contributed by atoms with Gasteiger partial charge in [-0.2, -0.15) is 0 Å². The zero-order valence-electron chi connectivity index (χ0n) is 20.5. The van der Waals surface area contributed by atoms with E-state index in [1.807, 2.05) is 0 Å². The van der Waals surface area contributed by atoms with Gasteiger partial charge < -0.3 is 14.3 Å². The van der Waals surface area contributed by atoms with Crippen LogP contribution < -0.4 is 4.90 Å². The number of hydrogen-bond donors (Lipinski definition) is 0. The summed E-state index contributed by atoms with van der Waals surface area (Å²) in [6, 6.07) is 6.62. The van der Waals surface area contributed by atoms with Crippen LogP contribution in [-0.2, 0) is 5.41 Å². The first kappa shape index (κ1) is 21.3. The molecule has 170 valence electrons. The van der Waals surface area contributed by atoms with E-state index in [0.29, 0.717) is 10.8 Å². The number of fused-ring (bicyclic) bond motifs is 1. The van der Waals surface area contributed by atoms with Crippen LogP contribution in [0.4, 0.5) is 5.69 Å². The molecule has 1 saturated carbocycles. The van der Waals surface area contributed by atoms with E-state index >= 15 is 0 Å². The summed E-state index contributed by atoms with van der Waals surface area (Å²) in [6.07, 6.45) is 5.79. The molecule has 3 heterocycles. The zero-order valence-corrected chi connectivity index (χ0v) is 20.5. The third kappa shape index (κ3) is 4.01. The quantitative estimate of drug-likeness (QED) is 0.597. The Morgan fingerprint density at radius 3 is 2.32 bits per heavy atom. The predicted octanol–water partition coefficient (Wildman–Crippen LogP) is 6.10. The van der Waals surface area contributed by atoms with Crippen LogP contribution in [0.25, 0.3) is 11.0 Å². The lowest BCUT2D eigenvalue weighted by atomic mass is 9.61. The molecule has 1 aromatic carbocycles. The van der Waals surface area contributed by atoms with Gasteiger partial charge in [0.2, 0.25) is 0 Å². The van der Waals surface area contributed by atoms with Gasteiger partial charge in [0.05, 0.1) is 5.69 Å². The molecule has 1 aromatic heterocycles. The highest BCUT2D eigenvalue weighted by molar-refractivity contribution is 5.84. The summed E-state index contributed by atoms with van der Waals surface area (Å²) in [5.41, 5.74) is 4.41. The van der Waals surface area contributed by atoms with E-state index in [0.717, 1.165) is 28.5 Å². The van der Waals surface area contributed by atoms with Crippen LogP contribution in [0.15, 0.2) is 22.7 Å². The number of likely N-dealkylation sites (tertiary alicyclic amines) is 1. The van der Waals surface area contributed by atoms with Crippen molar-refractivity contribution in [3.8, 4) is 0 Å². The Balaban J connectivity index is 1.10. The van der Waals surface area contributed by atoms with Crippen molar-refractivity contribution in [1.29, 1.82) is 0 Å². The fraction of sp³-hybridized carbons (Fsp3) is 0.741. The second-order valence-corrected chi connectivity index (χ2v) is 13.0. The molecule has 3 aliphatic rings. The average Bonchev–Trinajstić information content (AvgIpc) is 3.05. The van der Waals surface area contributed by atoms with Gasteiger partial charge in [-0.1, -0.05) is 46.7 Å². The summed E-state index contributed by atoms with van der Waals surface area (Å²) < 4.78 is 5.66. The van der Waals surface area contributed by atoms with Crippen molar-refractivity contribution in [2.75, 3.05) is 37.6 Å². The van der Waals surface area contributed by atoms with Gasteiger partial charge in [0.25, 0.3) is 0 Å². The van der Waals surface area contributed by atoms with E-state index in [4.69, 9.17) is 4.52 Å². The summed E-state index contributed by atoms with van der Waals surface area (Å²) in [6.45, 7) is 20.2. The molecular formula is C27H41N3O. The van der Waals surface area contributed by atoms with Crippen molar-refractivity contribution < 1.29 is 4.52 Å². The van der Waals surface area contributed by atoms with E-state index in [9.17, 15) is 0 Å². The molecule has 2 aromatic rings. The minimum absolute atomic E-state index is 0.00912. The highest BCUT2D eigenvalue weighted by atomic mass is 16.5. The van der Waals surface area contributed by atoms with Crippen molar-refractivity contribution in [3.63, 3.8) is 0 Å². The van der Waals surface area contributed by atoms with E-state index < -0.39 is 0 Å². The van der Waals surface area contributed by atoms with Gasteiger partial charge in [-0.05, 0) is 54.6 Å². The van der Waals surface area contributed by atoms with Crippen LogP contribution in [0.2, 0.25) is 0 Å². The van der Waals surface area contributed by atoms with Crippen molar-refractivity contribution in [3.05, 3.63) is 23.9 Å². The predicted molar refractivity (Wildman–Crippen MR) is 129 cm³/mol. The van der Waals surface area contributed by atoms with Gasteiger partial charge in [0, 0.05) is 61.2 Å². The molecule has 0 radical (unpaired) electrons. The van der Waals surface area contributed by atoms with Gasteiger partial charge in [0.1, 0.15) is 0 Å². The summed E-state index contributed by atoms with van der Waals surface area (Å²) in [5.74, 6) is 1.73. The Labute approximate surface area is 188 Å². The topological polar surface area (TPSA) is 32.5 Å². The van der Waals surface area contributed by atoms with Crippen LogP contribution in [0, 0.1) is 22.7 Å². The summed E-state index contributed by atoms with van der Waals surface area (Å²) in [4.78, 5) is 5.22. The van der Waals surface area contributed by atoms with Gasteiger partial charge in [-0.25, -0.2) is 0 Å². The first-order chi connectivity index (χ1) is 14.5. The van der Waals surface area contributed by atoms with Gasteiger partial charge in [0.15, 0.2) is 5.58 Å². The van der Waals surface area contributed by atoms with Crippen molar-refractivity contribution >= 4 is 16.7 Å². The lowest BCUT2D eigenvalue weighted by Gasteiger charge is -2.56. The molecule has 4 heteroatoms. The highest BCUT2D eigenvalue weighted by Gasteiger charge is 2.47. The number of nitrogens with zero attached hydrogens (tertiary/aromatic N) is 3. The fourth-order valence-electron chi connectivity index (χ4n) is 6.37. The SMILES string of the molecule is CC(C)(C)c1noc2cc(N3CC(CN4CC5(CCC(C(C)(C)C)CC5)C4)C3)ccc12. The molecule has 5 rings (SSSR count). The molecular weight excluding hydrogens is 382 g/mol. The van der Waals surface area contributed by atoms with Crippen molar-refractivity contribution in [2.45, 2.75) is 72.6 Å². The minimum Gasteiger partial charge on any atom is -0.371 e. The Morgan fingerprint density at radius 1 is 1.03 bits per heavy atom. The molecule has 0 amide bonds. The highest BCUT2D eigenvalue weighted by Crippen LogP contribution is 2.50. The number of aromatic nitrogens is 1. The van der Waals surface area contributed by atoms with Gasteiger partial charge >= 0.3 is 0 Å². The lowest BCUT2D eigenvalue weighted by molar-refractivity contribution is -0.0574. The second kappa shape index (κ2) is 7.23. The Hall–Kier alpha value is -1.55. The number of benzene rings is 1. The number of anilines is 1. The molecule has 0 unspecified atom stereocenters. The molecule has 2 saturated heterocycles. The molecule has 1 spiro atoms. The van der Waals surface area contributed by atoms with Crippen LogP contribution in [0.5, 0.6) is 0 Å². The van der Waals surface area contributed by atoms with Crippen molar-refractivity contribution in [1.82, 2.24) is 10.1 Å². The lowest BCUT2D eigenvalue weighted by Crippen LogP contribution is -2.61. The fourth-order valence-corrected chi connectivity index (χ4v) is 6.37. The maximum absolute atomic E-state index is 5.66. The van der Waals surface area contributed by atoms with Crippen LogP contribution in [0.3, 0.4) is 0 Å². The normalized spacial score (nSPS) is 23.4. The second-order valence-electron chi connectivity index (χ2n) is 13.0. The molecule has 1 aliphatic carbocycles. The molecule has 3 fully saturated rings. The molecule has 0 bridgehead atoms. The smallest absolute Gasteiger partial charge is 0.169 e. The summed E-state index contributed by atoms with van der Waals surface area (Å²) >= 11 is 0. The van der Waals surface area contributed by atoms with E-state index in [2.05, 4.69) is 74.7 Å². The molecule has 0 atom stereocenters. The molecule has 4 nitrogen and oxygen atoms in total. The molecule has 0 N–H and O–H groups in total. The van der Waals surface area contributed by atoms with E-state index in [1.54, 1.807) is 0 Å². The standard InChI is InChI=1S/C27H41N3O/c1-25(2,3)20-9-11-27(12-10-20)17-29(18-27)14-19-15-30(16-19)21-7-8-22-23(13-21)31-28-24(22)26(4,5)6/h7-8,13,19-20H,9-12,14-18H2,1-6H3. The zero-order chi connectivity index (χ0) is 22.0. The van der Waals surface area contributed by atoms with Crippen LogP contribution in [0.1, 0.15) is 72.9 Å². The van der Waals surface area contributed by atoms with Gasteiger partial charge in [-0.3, -0.25) is 0 Å². The molecule has 2 aliphatic heterocycles. The minimum atomic E-state index is 0.00912. The van der Waals surface area contributed by atoms with E-state index in [1.165, 1.54) is 64.1 Å².